The molecule has 1 aromatic heterocycles. The van der Waals surface area contributed by atoms with Crippen molar-refractivity contribution in [2.24, 2.45) is 0 Å². The Morgan fingerprint density at radius 3 is 2.30 bits per heavy atom. The van der Waals surface area contributed by atoms with Crippen LogP contribution in [0, 0.1) is 0 Å². The fraction of sp³-hybridized carbons (Fsp3) is 0.360. The quantitative estimate of drug-likeness (QED) is 0.485. The first kappa shape index (κ1) is 23.0. The Morgan fingerprint density at radius 1 is 0.879 bits per heavy atom. The first-order valence-electron chi connectivity index (χ1n) is 10.7. The molecule has 176 valence electrons. The molecule has 33 heavy (non-hydrogen) atoms. The van der Waals surface area contributed by atoms with Gasteiger partial charge in [-0.15, -0.1) is 0 Å². The van der Waals surface area contributed by atoms with Crippen LogP contribution in [0.15, 0.2) is 54.7 Å². The summed E-state index contributed by atoms with van der Waals surface area (Å²) in [5.41, 5.74) is 1.88. The van der Waals surface area contributed by atoms with E-state index in [4.69, 9.17) is 14.2 Å². The molecule has 8 heteroatoms. The number of rotatable bonds is 6. The minimum Gasteiger partial charge on any atom is -0.496 e. The third kappa shape index (κ3) is 4.66. The third-order valence-corrected chi connectivity index (χ3v) is 6.02. The van der Waals surface area contributed by atoms with Gasteiger partial charge in [0.2, 0.25) is 0 Å². The smallest absolute Gasteiger partial charge is 0.416 e. The summed E-state index contributed by atoms with van der Waals surface area (Å²) in [5, 5.41) is 0. The van der Waals surface area contributed by atoms with E-state index in [-0.39, 0.29) is 6.04 Å². The molecule has 1 atom stereocenters. The molecule has 0 amide bonds. The number of aryl methyl sites for hydroxylation is 1. The summed E-state index contributed by atoms with van der Waals surface area (Å²) in [6, 6.07) is 13.0. The summed E-state index contributed by atoms with van der Waals surface area (Å²) in [4.78, 5) is 2.19. The van der Waals surface area contributed by atoms with Crippen molar-refractivity contribution < 1.29 is 27.4 Å². The van der Waals surface area contributed by atoms with Crippen LogP contribution in [-0.4, -0.2) is 37.3 Å². The zero-order valence-corrected chi connectivity index (χ0v) is 18.9. The molecule has 2 aromatic carbocycles. The first-order chi connectivity index (χ1) is 15.9. The number of fused-ring (bicyclic) bond motifs is 1. The van der Waals surface area contributed by atoms with Gasteiger partial charge in [-0.05, 0) is 36.2 Å². The number of halogens is 3. The summed E-state index contributed by atoms with van der Waals surface area (Å²) in [7, 11) is 4.73. The fourth-order valence-corrected chi connectivity index (χ4v) is 4.51. The first-order valence-corrected chi connectivity index (χ1v) is 10.7. The van der Waals surface area contributed by atoms with E-state index in [1.165, 1.54) is 12.1 Å². The predicted octanol–water partition coefficient (Wildman–Crippen LogP) is 5.53. The van der Waals surface area contributed by atoms with Crippen LogP contribution in [0.4, 0.5) is 13.2 Å². The molecule has 0 saturated carbocycles. The van der Waals surface area contributed by atoms with Gasteiger partial charge in [0.1, 0.15) is 5.75 Å². The van der Waals surface area contributed by atoms with Gasteiger partial charge in [0.05, 0.1) is 32.9 Å². The predicted molar refractivity (Wildman–Crippen MR) is 119 cm³/mol. The molecule has 0 fully saturated rings. The monoisotopic (exact) mass is 460 g/mol. The lowest BCUT2D eigenvalue weighted by molar-refractivity contribution is -0.137. The SMILES string of the molecule is COc1cc(OC)c(C2c3cccn3CCCN2Cc2cccc(C(F)(F)F)c2)cc1OC. The van der Waals surface area contributed by atoms with Gasteiger partial charge < -0.3 is 18.8 Å². The average Bonchev–Trinajstić information content (AvgIpc) is 3.19. The highest BCUT2D eigenvalue weighted by atomic mass is 19.4. The largest absolute Gasteiger partial charge is 0.496 e. The molecule has 4 rings (SSSR count). The molecule has 0 radical (unpaired) electrons. The topological polar surface area (TPSA) is 35.9 Å². The zero-order chi connectivity index (χ0) is 23.6. The average molecular weight is 460 g/mol. The van der Waals surface area contributed by atoms with E-state index < -0.39 is 11.7 Å². The molecule has 0 N–H and O–H groups in total. The highest BCUT2D eigenvalue weighted by Gasteiger charge is 2.33. The molecule has 3 aromatic rings. The van der Waals surface area contributed by atoms with Crippen LogP contribution >= 0.6 is 0 Å². The van der Waals surface area contributed by atoms with Crippen LogP contribution < -0.4 is 14.2 Å². The number of alkyl halides is 3. The summed E-state index contributed by atoms with van der Waals surface area (Å²) in [5.74, 6) is 1.74. The maximum absolute atomic E-state index is 13.3. The molecular weight excluding hydrogens is 433 g/mol. The van der Waals surface area contributed by atoms with Gasteiger partial charge in [0.15, 0.2) is 11.5 Å². The van der Waals surface area contributed by atoms with Crippen LogP contribution in [0.1, 0.15) is 34.8 Å². The Morgan fingerprint density at radius 2 is 1.61 bits per heavy atom. The molecule has 0 bridgehead atoms. The summed E-state index contributed by atoms with van der Waals surface area (Å²) in [6.07, 6.45) is -1.48. The van der Waals surface area contributed by atoms with Crippen molar-refractivity contribution in [3.63, 3.8) is 0 Å². The Bertz CT molecular complexity index is 1110. The number of hydrogen-bond donors (Lipinski definition) is 0. The van der Waals surface area contributed by atoms with Crippen molar-refractivity contribution in [3.8, 4) is 17.2 Å². The molecule has 0 spiro atoms. The minimum atomic E-state index is -4.38. The number of nitrogens with zero attached hydrogens (tertiary/aromatic N) is 2. The number of hydrogen-bond acceptors (Lipinski definition) is 4. The fourth-order valence-electron chi connectivity index (χ4n) is 4.51. The van der Waals surface area contributed by atoms with Crippen molar-refractivity contribution in [2.75, 3.05) is 27.9 Å². The highest BCUT2D eigenvalue weighted by molar-refractivity contribution is 5.53. The van der Waals surface area contributed by atoms with Gasteiger partial charge in [-0.2, -0.15) is 13.2 Å². The second-order valence-electron chi connectivity index (χ2n) is 8.00. The van der Waals surface area contributed by atoms with Crippen molar-refractivity contribution in [1.29, 1.82) is 0 Å². The van der Waals surface area contributed by atoms with Crippen molar-refractivity contribution in [1.82, 2.24) is 9.47 Å². The number of benzene rings is 2. The van der Waals surface area contributed by atoms with Gasteiger partial charge in [0.25, 0.3) is 0 Å². The van der Waals surface area contributed by atoms with Gasteiger partial charge in [-0.3, -0.25) is 4.90 Å². The van der Waals surface area contributed by atoms with Crippen LogP contribution in [0.25, 0.3) is 0 Å². The van der Waals surface area contributed by atoms with Gasteiger partial charge in [0, 0.05) is 43.2 Å². The standard InChI is InChI=1S/C25H27F3N2O3/c1-31-21-15-23(33-3)22(32-2)14-19(21)24-20-9-5-10-29(20)11-6-12-30(24)16-17-7-4-8-18(13-17)25(26,27)28/h4-5,7-10,13-15,24H,6,11-12,16H2,1-3H3. The van der Waals surface area contributed by atoms with Crippen LogP contribution in [0.3, 0.4) is 0 Å². The molecule has 5 nitrogen and oxygen atoms in total. The second-order valence-corrected chi connectivity index (χ2v) is 8.00. The lowest BCUT2D eigenvalue weighted by atomic mass is 9.98. The summed E-state index contributed by atoms with van der Waals surface area (Å²) >= 11 is 0. The molecule has 1 aliphatic heterocycles. The normalized spacial score (nSPS) is 16.7. The molecule has 2 heterocycles. The van der Waals surface area contributed by atoms with Gasteiger partial charge in [-0.25, -0.2) is 0 Å². The maximum atomic E-state index is 13.3. The lowest BCUT2D eigenvalue weighted by Gasteiger charge is -2.32. The molecule has 1 aliphatic rings. The van der Waals surface area contributed by atoms with Crippen LogP contribution in [-0.2, 0) is 19.3 Å². The van der Waals surface area contributed by atoms with E-state index in [0.717, 1.165) is 30.3 Å². The minimum absolute atomic E-state index is 0.244. The number of aromatic nitrogens is 1. The Kier molecular flexibility index (Phi) is 6.56. The van der Waals surface area contributed by atoms with Gasteiger partial charge >= 0.3 is 6.18 Å². The van der Waals surface area contributed by atoms with E-state index >= 15 is 0 Å². The van der Waals surface area contributed by atoms with Crippen LogP contribution in [0.2, 0.25) is 0 Å². The van der Waals surface area contributed by atoms with E-state index in [1.807, 2.05) is 24.4 Å². The molecular formula is C25H27F3N2O3. The zero-order valence-electron chi connectivity index (χ0n) is 18.9. The Labute approximate surface area is 191 Å². The van der Waals surface area contributed by atoms with E-state index in [1.54, 1.807) is 33.5 Å². The second kappa shape index (κ2) is 9.39. The maximum Gasteiger partial charge on any atom is 0.416 e. The summed E-state index contributed by atoms with van der Waals surface area (Å²) < 4.78 is 58.8. The third-order valence-electron chi connectivity index (χ3n) is 6.02. The lowest BCUT2D eigenvalue weighted by Crippen LogP contribution is -2.30. The molecule has 0 aliphatic carbocycles. The number of ether oxygens (including phenoxy) is 3. The Balaban J connectivity index is 1.81. The van der Waals surface area contributed by atoms with E-state index in [2.05, 4.69) is 9.47 Å². The van der Waals surface area contributed by atoms with E-state index in [0.29, 0.717) is 35.9 Å². The number of methoxy groups -OCH3 is 3. The Hall–Kier alpha value is -3.13. The van der Waals surface area contributed by atoms with Gasteiger partial charge in [-0.1, -0.05) is 18.2 Å². The van der Waals surface area contributed by atoms with E-state index in [9.17, 15) is 13.2 Å². The molecule has 1 unspecified atom stereocenters. The van der Waals surface area contributed by atoms with Crippen molar-refractivity contribution in [3.05, 3.63) is 77.1 Å². The van der Waals surface area contributed by atoms with Crippen molar-refractivity contribution in [2.45, 2.75) is 31.7 Å². The highest BCUT2D eigenvalue weighted by Crippen LogP contribution is 2.43. The van der Waals surface area contributed by atoms with Crippen LogP contribution in [0.5, 0.6) is 17.2 Å². The van der Waals surface area contributed by atoms with Crippen molar-refractivity contribution >= 4 is 0 Å². The molecule has 0 saturated heterocycles. The summed E-state index contributed by atoms with van der Waals surface area (Å²) in [6.45, 7) is 1.89.